The quantitative estimate of drug-likeness (QED) is 0.288. The molecule has 0 aliphatic heterocycles. The minimum Gasteiger partial charge on any atom is -0.504 e. The molecule has 2 N–H and O–H groups in total. The van der Waals surface area contributed by atoms with Gasteiger partial charge in [-0.1, -0.05) is 29.0 Å². The van der Waals surface area contributed by atoms with Crippen LogP contribution in [0.4, 0.5) is 15.2 Å². The molecule has 0 bridgehead atoms. The van der Waals surface area contributed by atoms with Gasteiger partial charge in [-0.3, -0.25) is 9.71 Å². The lowest BCUT2D eigenvalue weighted by Crippen LogP contribution is -2.15. The Hall–Kier alpha value is -4.05. The third-order valence-corrected chi connectivity index (χ3v) is 7.71. The number of ether oxygens (including phenoxy) is 1. The molecular weight excluding hydrogens is 541 g/mol. The van der Waals surface area contributed by atoms with Gasteiger partial charge in [-0.05, 0) is 48.9 Å². The zero-order valence-electron chi connectivity index (χ0n) is 19.2. The summed E-state index contributed by atoms with van der Waals surface area (Å²) in [5.41, 5.74) is 1.60. The molecule has 0 aliphatic rings. The fourth-order valence-corrected chi connectivity index (χ4v) is 5.65. The third kappa shape index (κ3) is 5.54. The number of rotatable bonds is 7. The van der Waals surface area contributed by atoms with Gasteiger partial charge < -0.3 is 9.84 Å². The normalized spacial score (nSPS) is 11.4. The number of sulfonamides is 1. The number of aryl methyl sites for hydroxylation is 1. The molecule has 13 heteroatoms. The number of aromatic nitrogens is 2. The Balaban J connectivity index is 1.59. The summed E-state index contributed by atoms with van der Waals surface area (Å²) in [7, 11) is -2.74. The highest BCUT2D eigenvalue weighted by molar-refractivity contribution is 7.92. The van der Waals surface area contributed by atoms with Crippen LogP contribution in [0.5, 0.6) is 11.5 Å². The molecule has 0 saturated heterocycles. The maximum Gasteiger partial charge on any atom is 0.281 e. The number of anilines is 1. The second kappa shape index (κ2) is 10.5. The first-order valence-electron chi connectivity index (χ1n) is 10.4. The van der Waals surface area contributed by atoms with E-state index < -0.39 is 15.8 Å². The Bertz CT molecular complexity index is 1680. The zero-order valence-corrected chi connectivity index (χ0v) is 21.6. The number of aliphatic imine (C=N–C) groups is 1. The molecule has 4 rings (SSSR count). The van der Waals surface area contributed by atoms with Gasteiger partial charge in [0.25, 0.3) is 10.0 Å². The molecule has 0 spiro atoms. The lowest BCUT2D eigenvalue weighted by Gasteiger charge is -2.08. The molecule has 2 aromatic heterocycles. The van der Waals surface area contributed by atoms with E-state index in [1.54, 1.807) is 25.1 Å². The number of nitriles is 1. The predicted molar refractivity (Wildman–Crippen MR) is 139 cm³/mol. The van der Waals surface area contributed by atoms with E-state index in [9.17, 15) is 23.2 Å². The van der Waals surface area contributed by atoms with Crippen molar-refractivity contribution in [3.8, 4) is 28.8 Å². The van der Waals surface area contributed by atoms with E-state index in [1.165, 1.54) is 37.7 Å². The van der Waals surface area contributed by atoms with Crippen molar-refractivity contribution >= 4 is 50.0 Å². The average Bonchev–Trinajstić information content (AvgIpc) is 3.27. The lowest BCUT2D eigenvalue weighted by molar-refractivity contribution is 0.373. The van der Waals surface area contributed by atoms with E-state index in [4.69, 9.17) is 16.3 Å². The first-order chi connectivity index (χ1) is 17.6. The van der Waals surface area contributed by atoms with Crippen molar-refractivity contribution in [2.24, 2.45) is 4.99 Å². The molecule has 0 unspecified atom stereocenters. The number of hydrogen-bond acceptors (Lipinski definition) is 9. The summed E-state index contributed by atoms with van der Waals surface area (Å²) < 4.78 is 47.0. The molecule has 0 fully saturated rings. The number of phenolic OH excluding ortho intramolecular Hbond substituents is 1. The average molecular weight is 558 g/mol. The van der Waals surface area contributed by atoms with Gasteiger partial charge in [0.15, 0.2) is 21.7 Å². The van der Waals surface area contributed by atoms with Gasteiger partial charge in [0, 0.05) is 17.3 Å². The van der Waals surface area contributed by atoms with E-state index in [-0.39, 0.29) is 37.3 Å². The molecule has 188 valence electrons. The molecule has 0 aliphatic carbocycles. The number of aromatic hydroxyl groups is 1. The maximum atomic E-state index is 13.5. The first-order valence-corrected chi connectivity index (χ1v) is 13.1. The molecular formula is C24H17ClFN5O4S2. The van der Waals surface area contributed by atoms with E-state index in [0.29, 0.717) is 22.4 Å². The monoisotopic (exact) mass is 557 g/mol. The number of para-hydroxylation sites is 1. The maximum absolute atomic E-state index is 13.5. The van der Waals surface area contributed by atoms with Crippen LogP contribution in [0, 0.1) is 24.1 Å². The largest absolute Gasteiger partial charge is 0.504 e. The van der Waals surface area contributed by atoms with E-state index in [2.05, 4.69) is 19.7 Å². The van der Waals surface area contributed by atoms with Crippen molar-refractivity contribution in [3.63, 3.8) is 0 Å². The Morgan fingerprint density at radius 2 is 2.08 bits per heavy atom. The Morgan fingerprint density at radius 3 is 2.76 bits per heavy atom. The van der Waals surface area contributed by atoms with Crippen LogP contribution in [0.1, 0.15) is 16.0 Å². The van der Waals surface area contributed by atoms with E-state index in [0.717, 1.165) is 17.4 Å². The first kappa shape index (κ1) is 26.0. The molecule has 4 aromatic rings. The van der Waals surface area contributed by atoms with Crippen molar-refractivity contribution in [2.45, 2.75) is 11.9 Å². The second-order valence-electron chi connectivity index (χ2n) is 7.51. The SMILES string of the molecule is COc1cccc(C=Nc2cnc(S(=O)(=O)Nc3nc(-c4ccc(F)c(Cl)c4)c(C#N)s3)c(C)c2)c1O. The minimum absolute atomic E-state index is 0.0659. The second-order valence-corrected chi connectivity index (χ2v) is 10.5. The predicted octanol–water partition coefficient (Wildman–Crippen LogP) is 5.44. The van der Waals surface area contributed by atoms with Crippen LogP contribution in [0.3, 0.4) is 0 Å². The minimum atomic E-state index is -4.17. The van der Waals surface area contributed by atoms with Gasteiger partial charge in [-0.15, -0.1) is 0 Å². The van der Waals surface area contributed by atoms with Gasteiger partial charge in [0.1, 0.15) is 22.5 Å². The van der Waals surface area contributed by atoms with Gasteiger partial charge in [0.05, 0.1) is 24.0 Å². The fraction of sp³-hybridized carbons (Fsp3) is 0.0833. The zero-order chi connectivity index (χ0) is 26.7. The summed E-state index contributed by atoms with van der Waals surface area (Å²) in [6.45, 7) is 1.55. The van der Waals surface area contributed by atoms with Gasteiger partial charge >= 0.3 is 0 Å². The van der Waals surface area contributed by atoms with Crippen LogP contribution in [-0.4, -0.2) is 36.8 Å². The van der Waals surface area contributed by atoms with Crippen molar-refractivity contribution < 1.29 is 22.7 Å². The topological polar surface area (TPSA) is 138 Å². The van der Waals surface area contributed by atoms with Crippen LogP contribution in [-0.2, 0) is 10.0 Å². The van der Waals surface area contributed by atoms with Crippen LogP contribution < -0.4 is 9.46 Å². The Morgan fingerprint density at radius 1 is 1.30 bits per heavy atom. The summed E-state index contributed by atoms with van der Waals surface area (Å²) in [5.74, 6) is -0.419. The van der Waals surface area contributed by atoms with E-state index in [1.807, 2.05) is 6.07 Å². The van der Waals surface area contributed by atoms with Gasteiger partial charge in [0.2, 0.25) is 0 Å². The molecule has 0 atom stereocenters. The van der Waals surface area contributed by atoms with Crippen LogP contribution >= 0.6 is 22.9 Å². The van der Waals surface area contributed by atoms with Crippen LogP contribution in [0.25, 0.3) is 11.3 Å². The molecule has 9 nitrogen and oxygen atoms in total. The van der Waals surface area contributed by atoms with Gasteiger partial charge in [-0.2, -0.15) is 13.7 Å². The lowest BCUT2D eigenvalue weighted by atomic mass is 10.1. The molecule has 2 heterocycles. The third-order valence-electron chi connectivity index (χ3n) is 5.02. The molecule has 2 aromatic carbocycles. The van der Waals surface area contributed by atoms with Crippen LogP contribution in [0.15, 0.2) is 58.7 Å². The molecule has 37 heavy (non-hydrogen) atoms. The number of phenols is 1. The smallest absolute Gasteiger partial charge is 0.281 e. The summed E-state index contributed by atoms with van der Waals surface area (Å²) >= 11 is 6.65. The Labute approximate surface area is 220 Å². The summed E-state index contributed by atoms with van der Waals surface area (Å²) in [4.78, 5) is 12.6. The highest BCUT2D eigenvalue weighted by atomic mass is 35.5. The highest BCUT2D eigenvalue weighted by Crippen LogP contribution is 2.34. The number of methoxy groups -OCH3 is 1. The number of nitrogens with zero attached hydrogens (tertiary/aromatic N) is 4. The van der Waals surface area contributed by atoms with Gasteiger partial charge in [-0.25, -0.2) is 14.4 Å². The Kier molecular flexibility index (Phi) is 7.40. The fourth-order valence-electron chi connectivity index (χ4n) is 3.29. The van der Waals surface area contributed by atoms with Crippen molar-refractivity contribution in [1.29, 1.82) is 5.26 Å². The summed E-state index contributed by atoms with van der Waals surface area (Å²) in [6, 6.07) is 12.2. The molecule has 0 radical (unpaired) electrons. The number of benzene rings is 2. The number of pyridine rings is 1. The summed E-state index contributed by atoms with van der Waals surface area (Å²) in [6.07, 6.45) is 2.67. The van der Waals surface area contributed by atoms with Crippen molar-refractivity contribution in [3.05, 3.63) is 75.5 Å². The highest BCUT2D eigenvalue weighted by Gasteiger charge is 2.23. The molecule has 0 amide bonds. The van der Waals surface area contributed by atoms with Crippen LogP contribution in [0.2, 0.25) is 5.02 Å². The number of thiazole rings is 1. The number of nitrogens with one attached hydrogen (secondary N) is 1. The van der Waals surface area contributed by atoms with Crippen molar-refractivity contribution in [2.75, 3.05) is 11.8 Å². The summed E-state index contributed by atoms with van der Waals surface area (Å²) in [5, 5.41) is 19.2. The van der Waals surface area contributed by atoms with E-state index >= 15 is 0 Å². The molecule has 0 saturated carbocycles. The van der Waals surface area contributed by atoms with Crippen molar-refractivity contribution in [1.82, 2.24) is 9.97 Å². The number of halogens is 2. The standard InChI is InChI=1S/C24H17ClFN5O4S2/c1-13-8-16(28-11-15-4-3-5-19(35-2)22(15)32)12-29-23(13)37(33,34)31-24-30-21(20(10-27)36-24)14-6-7-18(26)17(25)9-14/h3-9,11-12,32H,1-2H3,(H,30,31). The number of hydrogen-bond donors (Lipinski definition) is 2.